The molecule has 1 atom stereocenters. The van der Waals surface area contributed by atoms with Gasteiger partial charge in [-0.3, -0.25) is 0 Å². The summed E-state index contributed by atoms with van der Waals surface area (Å²) in [5.41, 5.74) is 12.7. The molecule has 0 N–H and O–H groups in total. The van der Waals surface area contributed by atoms with E-state index in [1.807, 2.05) is 60.7 Å². The van der Waals surface area contributed by atoms with Crippen LogP contribution in [-0.2, 0) is 5.41 Å². The van der Waals surface area contributed by atoms with Crippen LogP contribution in [0.5, 0.6) is 0 Å². The zero-order chi connectivity index (χ0) is 29.3. The van der Waals surface area contributed by atoms with Crippen molar-refractivity contribution < 1.29 is 0 Å². The molecule has 0 radical (unpaired) electrons. The summed E-state index contributed by atoms with van der Waals surface area (Å²) in [7, 11) is 0. The summed E-state index contributed by atoms with van der Waals surface area (Å²) in [5.74, 6) is 1.98. The minimum Gasteiger partial charge on any atom is -0.208 e. The molecule has 0 aliphatic heterocycles. The second-order valence-electron chi connectivity index (χ2n) is 11.3. The first-order chi connectivity index (χ1) is 21.7. The van der Waals surface area contributed by atoms with E-state index in [4.69, 9.17) is 15.0 Å². The molecular weight excluding hydrogens is 602 g/mol. The molecule has 0 saturated carbocycles. The monoisotopic (exact) mass is 625 g/mol. The first-order valence-corrected chi connectivity index (χ1v) is 15.5. The molecule has 0 saturated heterocycles. The minimum atomic E-state index is -0.449. The van der Waals surface area contributed by atoms with E-state index in [2.05, 4.69) is 101 Å². The smallest absolute Gasteiger partial charge is 0.164 e. The minimum absolute atomic E-state index is 0.449. The van der Waals surface area contributed by atoms with Crippen LogP contribution in [0.4, 0.5) is 0 Å². The van der Waals surface area contributed by atoms with E-state index in [-0.39, 0.29) is 0 Å². The zero-order valence-corrected chi connectivity index (χ0v) is 25.2. The standard InChI is InChI=1S/C40H24BrN3/c41-28-20-22-32-30-16-8-10-18-34(30)40(36(32)24-28)33-17-9-7-15-29(33)31-21-19-27(23-35(31)40)39-43-37(25-11-3-1-4-12-25)42-38(44-39)26-13-5-2-6-14-26/h1-24H/t40-/m1/s1. The van der Waals surface area contributed by atoms with Crippen LogP contribution in [-0.4, -0.2) is 15.0 Å². The lowest BCUT2D eigenvalue weighted by Crippen LogP contribution is -2.26. The summed E-state index contributed by atoms with van der Waals surface area (Å²) >= 11 is 3.80. The van der Waals surface area contributed by atoms with Crippen LogP contribution in [0.25, 0.3) is 56.4 Å². The molecule has 0 fully saturated rings. The maximum absolute atomic E-state index is 5.06. The Morgan fingerprint density at radius 3 is 1.36 bits per heavy atom. The number of aromatic nitrogens is 3. The number of halogens is 1. The second-order valence-corrected chi connectivity index (χ2v) is 12.2. The van der Waals surface area contributed by atoms with Gasteiger partial charge in [0.15, 0.2) is 17.5 Å². The first kappa shape index (κ1) is 25.3. The van der Waals surface area contributed by atoms with Gasteiger partial charge in [-0.15, -0.1) is 0 Å². The molecule has 2 aliphatic rings. The highest BCUT2D eigenvalue weighted by Gasteiger charge is 2.51. The Labute approximate surface area is 264 Å². The molecular formula is C40H24BrN3. The van der Waals surface area contributed by atoms with Gasteiger partial charge in [-0.05, 0) is 62.7 Å². The van der Waals surface area contributed by atoms with Crippen molar-refractivity contribution in [3.63, 3.8) is 0 Å². The summed E-state index contributed by atoms with van der Waals surface area (Å²) < 4.78 is 1.07. The Morgan fingerprint density at radius 2 is 0.795 bits per heavy atom. The van der Waals surface area contributed by atoms with Gasteiger partial charge >= 0.3 is 0 Å². The fourth-order valence-electron chi connectivity index (χ4n) is 7.19. The molecule has 3 nitrogen and oxygen atoms in total. The molecule has 1 aromatic heterocycles. The third kappa shape index (κ3) is 3.58. The van der Waals surface area contributed by atoms with Gasteiger partial charge in [0.1, 0.15) is 0 Å². The fraction of sp³-hybridized carbons (Fsp3) is 0.0250. The first-order valence-electron chi connectivity index (χ1n) is 14.7. The Morgan fingerprint density at radius 1 is 0.364 bits per heavy atom. The van der Waals surface area contributed by atoms with Gasteiger partial charge in [-0.2, -0.15) is 0 Å². The van der Waals surface area contributed by atoms with E-state index in [1.165, 1.54) is 44.5 Å². The molecule has 1 heterocycles. The second kappa shape index (κ2) is 9.66. The van der Waals surface area contributed by atoms with Gasteiger partial charge in [-0.1, -0.05) is 143 Å². The van der Waals surface area contributed by atoms with Crippen molar-refractivity contribution in [2.24, 2.45) is 0 Å². The van der Waals surface area contributed by atoms with Gasteiger partial charge in [0.05, 0.1) is 5.41 Å². The van der Waals surface area contributed by atoms with E-state index < -0.39 is 5.41 Å². The Hall–Kier alpha value is -5.19. The normalized spacial score (nSPS) is 15.5. The van der Waals surface area contributed by atoms with Crippen molar-refractivity contribution in [1.82, 2.24) is 15.0 Å². The van der Waals surface area contributed by atoms with Gasteiger partial charge in [-0.25, -0.2) is 15.0 Å². The van der Waals surface area contributed by atoms with E-state index in [0.29, 0.717) is 17.5 Å². The van der Waals surface area contributed by atoms with Crippen LogP contribution in [0.3, 0.4) is 0 Å². The highest BCUT2D eigenvalue weighted by molar-refractivity contribution is 9.10. The van der Waals surface area contributed by atoms with Gasteiger partial charge in [0, 0.05) is 21.2 Å². The molecule has 9 rings (SSSR count). The number of benzene rings is 6. The van der Waals surface area contributed by atoms with Crippen LogP contribution in [0.1, 0.15) is 22.3 Å². The van der Waals surface area contributed by atoms with Gasteiger partial charge in [0.25, 0.3) is 0 Å². The maximum atomic E-state index is 5.06. The summed E-state index contributed by atoms with van der Waals surface area (Å²) in [6.45, 7) is 0. The summed E-state index contributed by atoms with van der Waals surface area (Å²) in [4.78, 5) is 15.0. The fourth-order valence-corrected chi connectivity index (χ4v) is 7.55. The topological polar surface area (TPSA) is 38.7 Å². The Bertz CT molecular complexity index is 2170. The molecule has 6 aromatic carbocycles. The van der Waals surface area contributed by atoms with Crippen molar-refractivity contribution in [3.8, 4) is 56.4 Å². The largest absolute Gasteiger partial charge is 0.208 e. The number of rotatable bonds is 3. The van der Waals surface area contributed by atoms with Crippen molar-refractivity contribution in [3.05, 3.63) is 172 Å². The van der Waals surface area contributed by atoms with Crippen LogP contribution >= 0.6 is 15.9 Å². The molecule has 7 aromatic rings. The lowest BCUT2D eigenvalue weighted by atomic mass is 9.70. The number of hydrogen-bond acceptors (Lipinski definition) is 3. The number of fused-ring (bicyclic) bond motifs is 10. The van der Waals surface area contributed by atoms with Crippen molar-refractivity contribution in [1.29, 1.82) is 0 Å². The summed E-state index contributed by atoms with van der Waals surface area (Å²) in [6, 6.07) is 51.4. The van der Waals surface area contributed by atoms with E-state index >= 15 is 0 Å². The number of hydrogen-bond donors (Lipinski definition) is 0. The third-order valence-electron chi connectivity index (χ3n) is 9.01. The molecule has 0 amide bonds. The predicted molar refractivity (Wildman–Crippen MR) is 180 cm³/mol. The lowest BCUT2D eigenvalue weighted by molar-refractivity contribution is 0.793. The molecule has 206 valence electrons. The highest BCUT2D eigenvalue weighted by Crippen LogP contribution is 2.63. The van der Waals surface area contributed by atoms with E-state index in [9.17, 15) is 0 Å². The van der Waals surface area contributed by atoms with E-state index in [1.54, 1.807) is 0 Å². The van der Waals surface area contributed by atoms with Crippen molar-refractivity contribution >= 4 is 15.9 Å². The Kier molecular flexibility index (Phi) is 5.56. The molecule has 0 unspecified atom stereocenters. The zero-order valence-electron chi connectivity index (χ0n) is 23.6. The summed E-state index contributed by atoms with van der Waals surface area (Å²) in [5, 5.41) is 0. The van der Waals surface area contributed by atoms with Crippen LogP contribution in [0.2, 0.25) is 0 Å². The van der Waals surface area contributed by atoms with E-state index in [0.717, 1.165) is 21.2 Å². The SMILES string of the molecule is Brc1ccc2c(c1)[C@@]1(c3ccccc3-2)c2ccccc2-c2ccc(-c3nc(-c4ccccc4)nc(-c4ccccc4)n3)cc21. The number of nitrogens with zero attached hydrogens (tertiary/aromatic N) is 3. The predicted octanol–water partition coefficient (Wildman–Crippen LogP) is 9.98. The molecule has 1 spiro atoms. The molecule has 2 aliphatic carbocycles. The maximum Gasteiger partial charge on any atom is 0.164 e. The Balaban J connectivity index is 1.33. The molecule has 44 heavy (non-hydrogen) atoms. The van der Waals surface area contributed by atoms with Crippen LogP contribution in [0, 0.1) is 0 Å². The highest BCUT2D eigenvalue weighted by atomic mass is 79.9. The average Bonchev–Trinajstić information content (AvgIpc) is 3.55. The molecule has 4 heteroatoms. The summed E-state index contributed by atoms with van der Waals surface area (Å²) in [6.07, 6.45) is 0. The third-order valence-corrected chi connectivity index (χ3v) is 9.50. The van der Waals surface area contributed by atoms with Crippen molar-refractivity contribution in [2.75, 3.05) is 0 Å². The average molecular weight is 627 g/mol. The molecule has 0 bridgehead atoms. The quantitative estimate of drug-likeness (QED) is 0.196. The lowest BCUT2D eigenvalue weighted by Gasteiger charge is -2.30. The van der Waals surface area contributed by atoms with Crippen LogP contribution in [0.15, 0.2) is 150 Å². The van der Waals surface area contributed by atoms with Crippen LogP contribution < -0.4 is 0 Å². The van der Waals surface area contributed by atoms with Crippen molar-refractivity contribution in [2.45, 2.75) is 5.41 Å². The van der Waals surface area contributed by atoms with Gasteiger partial charge in [0.2, 0.25) is 0 Å². The van der Waals surface area contributed by atoms with Gasteiger partial charge < -0.3 is 0 Å².